The molecule has 38 heavy (non-hydrogen) atoms. The van der Waals surface area contributed by atoms with Gasteiger partial charge >= 0.3 is 12.1 Å². The molecule has 2 N–H and O–H groups in total. The molecule has 0 saturated heterocycles. The van der Waals surface area contributed by atoms with Crippen LogP contribution in [0.15, 0.2) is 24.3 Å². The van der Waals surface area contributed by atoms with Gasteiger partial charge in [-0.3, -0.25) is 14.4 Å². The van der Waals surface area contributed by atoms with Crippen LogP contribution in [0.5, 0.6) is 0 Å². The lowest BCUT2D eigenvalue weighted by atomic mass is 9.92. The van der Waals surface area contributed by atoms with E-state index >= 15 is 0 Å². The molecule has 1 aromatic carbocycles. The van der Waals surface area contributed by atoms with E-state index in [0.717, 1.165) is 0 Å². The van der Waals surface area contributed by atoms with E-state index in [1.54, 1.807) is 65.8 Å². The van der Waals surface area contributed by atoms with Crippen LogP contribution >= 0.6 is 0 Å². The van der Waals surface area contributed by atoms with Crippen LogP contribution < -0.4 is 10.6 Å². The summed E-state index contributed by atoms with van der Waals surface area (Å²) in [4.78, 5) is 53.6. The summed E-state index contributed by atoms with van der Waals surface area (Å²) >= 11 is 0. The maximum Gasteiger partial charge on any atom is 0.408 e. The number of ether oxygens (including phenoxy) is 2. The Balaban J connectivity index is 3.48. The number of rotatable bonds is 10. The zero-order chi connectivity index (χ0) is 29.3. The number of esters is 1. The first-order valence-corrected chi connectivity index (χ1v) is 12.8. The third-order valence-electron chi connectivity index (χ3n) is 5.40. The number of alkyl carbamates (subject to hydrolysis) is 1. The summed E-state index contributed by atoms with van der Waals surface area (Å²) in [7, 11) is 0. The molecule has 1 aromatic rings. The molecule has 0 aliphatic carbocycles. The van der Waals surface area contributed by atoms with Gasteiger partial charge in [-0.25, -0.2) is 4.79 Å². The predicted octanol–water partition coefficient (Wildman–Crippen LogP) is 3.95. The highest BCUT2D eigenvalue weighted by molar-refractivity contribution is 5.93. The van der Waals surface area contributed by atoms with E-state index in [1.165, 1.54) is 4.90 Å². The van der Waals surface area contributed by atoms with Crippen LogP contribution in [-0.2, 0) is 23.9 Å². The number of nitrogens with zero attached hydrogens (tertiary/aromatic N) is 1. The Morgan fingerprint density at radius 3 is 2.05 bits per heavy atom. The van der Waals surface area contributed by atoms with Crippen molar-refractivity contribution in [3.05, 3.63) is 35.4 Å². The summed E-state index contributed by atoms with van der Waals surface area (Å²) in [5.74, 6) is 0.862. The Bertz CT molecular complexity index is 1010. The van der Waals surface area contributed by atoms with Crippen LogP contribution in [0.3, 0.4) is 0 Å². The molecule has 0 radical (unpaired) electrons. The van der Waals surface area contributed by atoms with Gasteiger partial charge in [0.2, 0.25) is 11.8 Å². The number of amides is 3. The highest BCUT2D eigenvalue weighted by Gasteiger charge is 2.42. The van der Waals surface area contributed by atoms with Gasteiger partial charge < -0.3 is 25.0 Å². The van der Waals surface area contributed by atoms with Crippen molar-refractivity contribution in [1.29, 1.82) is 0 Å². The van der Waals surface area contributed by atoms with E-state index in [1.807, 2.05) is 20.8 Å². The topological polar surface area (TPSA) is 114 Å². The molecule has 0 heterocycles. The lowest BCUT2D eigenvalue weighted by molar-refractivity contribution is -0.149. The van der Waals surface area contributed by atoms with Crippen LogP contribution in [-0.4, -0.2) is 59.1 Å². The first-order chi connectivity index (χ1) is 17.5. The molecule has 3 amide bonds. The number of carbonyl (C=O) groups is 4. The molecular formula is C29H43N3O6. The normalized spacial score (nSPS) is 13.1. The molecule has 2 atom stereocenters. The van der Waals surface area contributed by atoms with E-state index in [2.05, 4.69) is 16.6 Å². The molecule has 9 nitrogen and oxygen atoms in total. The predicted molar refractivity (Wildman–Crippen MR) is 146 cm³/mol. The minimum atomic E-state index is -1.07. The van der Waals surface area contributed by atoms with Crippen LogP contribution in [0.2, 0.25) is 0 Å². The molecule has 0 bridgehead atoms. The maximum atomic E-state index is 14.1. The van der Waals surface area contributed by atoms with Gasteiger partial charge in [0.1, 0.15) is 17.7 Å². The van der Waals surface area contributed by atoms with Gasteiger partial charge in [0.05, 0.1) is 13.0 Å². The Kier molecular flexibility index (Phi) is 11.8. The molecule has 210 valence electrons. The molecule has 2 unspecified atom stereocenters. The third-order valence-corrected chi connectivity index (χ3v) is 5.40. The lowest BCUT2D eigenvalue weighted by Gasteiger charge is -2.43. The van der Waals surface area contributed by atoms with Crippen molar-refractivity contribution in [3.63, 3.8) is 0 Å². The second kappa shape index (κ2) is 13.8. The second-order valence-corrected chi connectivity index (χ2v) is 11.3. The first kappa shape index (κ1) is 32.5. The average Bonchev–Trinajstić information content (AvgIpc) is 2.78. The Morgan fingerprint density at radius 2 is 1.61 bits per heavy atom. The molecule has 9 heteroatoms. The fraction of sp³-hybridized carbons (Fsp3) is 0.586. The van der Waals surface area contributed by atoms with Gasteiger partial charge in [-0.1, -0.05) is 31.9 Å². The highest BCUT2D eigenvalue weighted by Crippen LogP contribution is 2.31. The van der Waals surface area contributed by atoms with E-state index in [0.29, 0.717) is 11.1 Å². The molecule has 0 spiro atoms. The van der Waals surface area contributed by atoms with Crippen molar-refractivity contribution in [2.45, 2.75) is 92.0 Å². The number of nitrogens with one attached hydrogen (secondary N) is 2. The van der Waals surface area contributed by atoms with Gasteiger partial charge in [-0.2, -0.15) is 0 Å². The van der Waals surface area contributed by atoms with Gasteiger partial charge in [0.25, 0.3) is 0 Å². The van der Waals surface area contributed by atoms with Gasteiger partial charge in [-0.05, 0) is 72.1 Å². The van der Waals surface area contributed by atoms with E-state index in [9.17, 15) is 19.2 Å². The van der Waals surface area contributed by atoms with Gasteiger partial charge in [0.15, 0.2) is 0 Å². The molecule has 0 fully saturated rings. The molecule has 0 aliphatic rings. The van der Waals surface area contributed by atoms with Crippen molar-refractivity contribution in [2.24, 2.45) is 5.92 Å². The summed E-state index contributed by atoms with van der Waals surface area (Å²) in [6, 6.07) is 4.74. The highest BCUT2D eigenvalue weighted by atomic mass is 16.6. The van der Waals surface area contributed by atoms with Crippen molar-refractivity contribution >= 4 is 23.9 Å². The largest absolute Gasteiger partial charge is 0.466 e. The van der Waals surface area contributed by atoms with Gasteiger partial charge in [-0.15, -0.1) is 6.42 Å². The molecular weight excluding hydrogens is 486 g/mol. The van der Waals surface area contributed by atoms with E-state index < -0.39 is 47.1 Å². The Labute approximate surface area is 227 Å². The molecule has 0 saturated carbocycles. The molecule has 1 rings (SSSR count). The number of carbonyl (C=O) groups excluding carboxylic acids is 4. The van der Waals surface area contributed by atoms with Gasteiger partial charge in [0, 0.05) is 17.6 Å². The monoisotopic (exact) mass is 529 g/mol. The fourth-order valence-electron chi connectivity index (χ4n) is 3.74. The number of hydrogen-bond acceptors (Lipinski definition) is 6. The first-order valence-electron chi connectivity index (χ1n) is 12.8. The zero-order valence-electron chi connectivity index (χ0n) is 24.1. The third kappa shape index (κ3) is 10.1. The Hall–Kier alpha value is -3.54. The summed E-state index contributed by atoms with van der Waals surface area (Å²) in [6.07, 6.45) is 4.76. The number of hydrogen-bond donors (Lipinski definition) is 2. The standard InChI is InChI=1S/C29H43N3O6/c1-11-20-13-15-21(16-14-20)24(25(34)30-18-17-22(33)37-12-2)32(28(5,6)7)26(35)23(19(3)4)31-27(36)38-29(8,9)10/h1,13-16,19,23-24H,12,17-18H2,2-10H3,(H,30,34)(H,31,36). The summed E-state index contributed by atoms with van der Waals surface area (Å²) in [5, 5.41) is 5.45. The van der Waals surface area contributed by atoms with E-state index in [4.69, 9.17) is 15.9 Å². The zero-order valence-corrected chi connectivity index (χ0v) is 24.1. The molecule has 0 aromatic heterocycles. The summed E-state index contributed by atoms with van der Waals surface area (Å²) in [6.45, 7) is 16.2. The minimum Gasteiger partial charge on any atom is -0.466 e. The van der Waals surface area contributed by atoms with Crippen molar-refractivity contribution in [2.75, 3.05) is 13.2 Å². The van der Waals surface area contributed by atoms with Crippen molar-refractivity contribution in [1.82, 2.24) is 15.5 Å². The SMILES string of the molecule is C#Cc1ccc(C(C(=O)NCCC(=O)OCC)N(C(=O)C(NC(=O)OC(C)(C)C)C(C)C)C(C)(C)C)cc1. The fourth-order valence-corrected chi connectivity index (χ4v) is 3.74. The van der Waals surface area contributed by atoms with Crippen molar-refractivity contribution < 1.29 is 28.7 Å². The maximum absolute atomic E-state index is 14.1. The van der Waals surface area contributed by atoms with Crippen molar-refractivity contribution in [3.8, 4) is 12.3 Å². The minimum absolute atomic E-state index is 0.0133. The van der Waals surface area contributed by atoms with Crippen LogP contribution in [0, 0.1) is 18.3 Å². The summed E-state index contributed by atoms with van der Waals surface area (Å²) < 4.78 is 10.3. The number of benzene rings is 1. The second-order valence-electron chi connectivity index (χ2n) is 11.3. The lowest BCUT2D eigenvalue weighted by Crippen LogP contribution is -2.59. The van der Waals surface area contributed by atoms with Crippen LogP contribution in [0.1, 0.15) is 85.9 Å². The van der Waals surface area contributed by atoms with E-state index in [-0.39, 0.29) is 25.5 Å². The average molecular weight is 530 g/mol. The quantitative estimate of drug-likeness (QED) is 0.350. The summed E-state index contributed by atoms with van der Waals surface area (Å²) in [5.41, 5.74) is -0.442. The molecule has 0 aliphatic heterocycles. The Morgan fingerprint density at radius 1 is 1.03 bits per heavy atom. The van der Waals surface area contributed by atoms with Crippen LogP contribution in [0.4, 0.5) is 4.79 Å². The number of terminal acetylenes is 1. The smallest absolute Gasteiger partial charge is 0.408 e. The van der Waals surface area contributed by atoms with Crippen LogP contribution in [0.25, 0.3) is 0 Å².